The fourth-order valence-corrected chi connectivity index (χ4v) is 3.14. The fraction of sp³-hybridized carbons (Fsp3) is 0.250. The van der Waals surface area contributed by atoms with Crippen molar-refractivity contribution in [3.05, 3.63) is 77.7 Å². The van der Waals surface area contributed by atoms with E-state index in [-0.39, 0.29) is 18.6 Å². The normalized spacial score (nSPS) is 16.4. The standard InChI is InChI=1S/C20H20N4O2/c1-15-12-24-18(20(25)23(15)13-16-7-3-2-4-8-16)11-17(22-24)14-26-19-9-5-6-10-21-19/h2-11,15H,12-14H2,1H3. The molecule has 0 bridgehead atoms. The summed E-state index contributed by atoms with van der Waals surface area (Å²) in [6, 6.07) is 17.4. The summed E-state index contributed by atoms with van der Waals surface area (Å²) in [4.78, 5) is 19.0. The Balaban J connectivity index is 1.50. The van der Waals surface area contributed by atoms with Crippen molar-refractivity contribution in [3.8, 4) is 5.88 Å². The molecule has 1 amide bonds. The van der Waals surface area contributed by atoms with Gasteiger partial charge in [-0.25, -0.2) is 4.98 Å². The number of fused-ring (bicyclic) bond motifs is 1. The molecule has 2 aromatic heterocycles. The van der Waals surface area contributed by atoms with E-state index in [0.717, 1.165) is 11.3 Å². The van der Waals surface area contributed by atoms with Gasteiger partial charge in [0.25, 0.3) is 5.91 Å². The predicted molar refractivity (Wildman–Crippen MR) is 96.6 cm³/mol. The minimum Gasteiger partial charge on any atom is -0.471 e. The van der Waals surface area contributed by atoms with Gasteiger partial charge in [0.15, 0.2) is 0 Å². The molecule has 3 aromatic rings. The molecule has 132 valence electrons. The highest BCUT2D eigenvalue weighted by Crippen LogP contribution is 2.21. The lowest BCUT2D eigenvalue weighted by atomic mass is 10.1. The molecule has 0 saturated carbocycles. The first kappa shape index (κ1) is 16.3. The van der Waals surface area contributed by atoms with E-state index in [1.54, 1.807) is 16.9 Å². The first-order valence-corrected chi connectivity index (χ1v) is 8.66. The Morgan fingerprint density at radius 2 is 1.96 bits per heavy atom. The number of ether oxygens (including phenoxy) is 1. The molecule has 0 spiro atoms. The Labute approximate surface area is 152 Å². The van der Waals surface area contributed by atoms with Crippen molar-refractivity contribution >= 4 is 5.91 Å². The van der Waals surface area contributed by atoms with Gasteiger partial charge in [0.05, 0.1) is 6.54 Å². The molecule has 6 nitrogen and oxygen atoms in total. The van der Waals surface area contributed by atoms with Gasteiger partial charge in [0.1, 0.15) is 18.0 Å². The van der Waals surface area contributed by atoms with E-state index in [1.807, 2.05) is 53.4 Å². The maximum absolute atomic E-state index is 12.9. The summed E-state index contributed by atoms with van der Waals surface area (Å²) in [6.07, 6.45) is 1.68. The van der Waals surface area contributed by atoms with Crippen LogP contribution in [0.25, 0.3) is 0 Å². The van der Waals surface area contributed by atoms with Crippen LogP contribution in [0.5, 0.6) is 5.88 Å². The van der Waals surface area contributed by atoms with Crippen molar-refractivity contribution < 1.29 is 9.53 Å². The highest BCUT2D eigenvalue weighted by atomic mass is 16.5. The molecule has 6 heteroatoms. The molecule has 0 radical (unpaired) electrons. The summed E-state index contributed by atoms with van der Waals surface area (Å²) in [5.74, 6) is 0.549. The number of nitrogens with zero attached hydrogens (tertiary/aromatic N) is 4. The van der Waals surface area contributed by atoms with Crippen LogP contribution in [0.3, 0.4) is 0 Å². The van der Waals surface area contributed by atoms with Crippen molar-refractivity contribution in [1.29, 1.82) is 0 Å². The predicted octanol–water partition coefficient (Wildman–Crippen LogP) is 2.90. The van der Waals surface area contributed by atoms with Crippen molar-refractivity contribution in [3.63, 3.8) is 0 Å². The molecule has 3 heterocycles. The van der Waals surface area contributed by atoms with Crippen LogP contribution in [-0.2, 0) is 19.7 Å². The fourth-order valence-electron chi connectivity index (χ4n) is 3.14. The first-order valence-electron chi connectivity index (χ1n) is 8.66. The monoisotopic (exact) mass is 348 g/mol. The van der Waals surface area contributed by atoms with Crippen LogP contribution in [0, 0.1) is 0 Å². The van der Waals surface area contributed by atoms with Crippen molar-refractivity contribution in [2.75, 3.05) is 0 Å². The summed E-state index contributed by atoms with van der Waals surface area (Å²) in [5.41, 5.74) is 2.46. The summed E-state index contributed by atoms with van der Waals surface area (Å²) in [5, 5.41) is 4.52. The van der Waals surface area contributed by atoms with Crippen LogP contribution in [0.4, 0.5) is 0 Å². The number of carbonyl (C=O) groups is 1. The number of aromatic nitrogens is 3. The highest BCUT2D eigenvalue weighted by molar-refractivity contribution is 5.93. The Hall–Kier alpha value is -3.15. The van der Waals surface area contributed by atoms with Crippen LogP contribution in [0.1, 0.15) is 28.7 Å². The molecule has 0 saturated heterocycles. The van der Waals surface area contributed by atoms with E-state index < -0.39 is 0 Å². The SMILES string of the molecule is CC1Cn2nc(COc3ccccn3)cc2C(=O)N1Cc1ccccc1. The Kier molecular flexibility index (Phi) is 4.39. The quantitative estimate of drug-likeness (QED) is 0.711. The third-order valence-corrected chi connectivity index (χ3v) is 4.48. The summed E-state index contributed by atoms with van der Waals surface area (Å²) in [7, 11) is 0. The van der Waals surface area contributed by atoms with Gasteiger partial charge in [-0.2, -0.15) is 5.10 Å². The molecule has 1 aliphatic heterocycles. The highest BCUT2D eigenvalue weighted by Gasteiger charge is 2.31. The second-order valence-corrected chi connectivity index (χ2v) is 6.43. The number of hydrogen-bond acceptors (Lipinski definition) is 4. The van der Waals surface area contributed by atoms with E-state index in [9.17, 15) is 4.79 Å². The molecule has 1 atom stereocenters. The minimum atomic E-state index is 0.00388. The van der Waals surface area contributed by atoms with Gasteiger partial charge in [0, 0.05) is 24.8 Å². The number of pyridine rings is 1. The Morgan fingerprint density at radius 1 is 1.15 bits per heavy atom. The molecule has 0 fully saturated rings. The van der Waals surface area contributed by atoms with Gasteiger partial charge >= 0.3 is 0 Å². The second-order valence-electron chi connectivity index (χ2n) is 6.43. The lowest BCUT2D eigenvalue weighted by Crippen LogP contribution is -2.46. The average Bonchev–Trinajstić information content (AvgIpc) is 3.08. The lowest BCUT2D eigenvalue weighted by Gasteiger charge is -2.33. The van der Waals surface area contributed by atoms with Crippen LogP contribution >= 0.6 is 0 Å². The van der Waals surface area contributed by atoms with E-state index >= 15 is 0 Å². The van der Waals surface area contributed by atoms with E-state index in [0.29, 0.717) is 24.7 Å². The smallest absolute Gasteiger partial charge is 0.272 e. The van der Waals surface area contributed by atoms with Crippen LogP contribution < -0.4 is 4.74 Å². The third kappa shape index (κ3) is 3.31. The van der Waals surface area contributed by atoms with Crippen molar-refractivity contribution in [1.82, 2.24) is 19.7 Å². The molecule has 1 aromatic carbocycles. The number of amides is 1. The molecular formula is C20H20N4O2. The molecule has 26 heavy (non-hydrogen) atoms. The number of carbonyl (C=O) groups excluding carboxylic acids is 1. The summed E-state index contributed by atoms with van der Waals surface area (Å²) < 4.78 is 7.43. The average molecular weight is 348 g/mol. The molecule has 0 N–H and O–H groups in total. The minimum absolute atomic E-state index is 0.00388. The van der Waals surface area contributed by atoms with Gasteiger partial charge in [-0.1, -0.05) is 36.4 Å². The van der Waals surface area contributed by atoms with Crippen molar-refractivity contribution in [2.24, 2.45) is 0 Å². The zero-order chi connectivity index (χ0) is 17.9. The van der Waals surface area contributed by atoms with Gasteiger partial charge < -0.3 is 9.64 Å². The third-order valence-electron chi connectivity index (χ3n) is 4.48. The number of benzene rings is 1. The zero-order valence-corrected chi connectivity index (χ0v) is 14.6. The zero-order valence-electron chi connectivity index (χ0n) is 14.6. The largest absolute Gasteiger partial charge is 0.471 e. The summed E-state index contributed by atoms with van der Waals surface area (Å²) >= 11 is 0. The summed E-state index contributed by atoms with van der Waals surface area (Å²) in [6.45, 7) is 3.62. The van der Waals surface area contributed by atoms with E-state index in [2.05, 4.69) is 17.0 Å². The molecule has 1 unspecified atom stereocenters. The van der Waals surface area contributed by atoms with Gasteiger partial charge in [0.2, 0.25) is 5.88 Å². The first-order chi connectivity index (χ1) is 12.7. The van der Waals surface area contributed by atoms with Crippen LogP contribution in [0.15, 0.2) is 60.8 Å². The molecule has 1 aliphatic rings. The van der Waals surface area contributed by atoms with Crippen LogP contribution in [0.2, 0.25) is 0 Å². The molecule has 0 aliphatic carbocycles. The van der Waals surface area contributed by atoms with Crippen molar-refractivity contribution in [2.45, 2.75) is 32.7 Å². The second kappa shape index (κ2) is 7.00. The van der Waals surface area contributed by atoms with E-state index in [4.69, 9.17) is 4.74 Å². The maximum atomic E-state index is 12.9. The maximum Gasteiger partial charge on any atom is 0.272 e. The molecular weight excluding hydrogens is 328 g/mol. The Bertz CT molecular complexity index is 893. The van der Waals surface area contributed by atoms with Gasteiger partial charge in [-0.3, -0.25) is 9.48 Å². The lowest BCUT2D eigenvalue weighted by molar-refractivity contribution is 0.0584. The topological polar surface area (TPSA) is 60.2 Å². The molecule has 4 rings (SSSR count). The van der Waals surface area contributed by atoms with Gasteiger partial charge in [-0.15, -0.1) is 0 Å². The van der Waals surface area contributed by atoms with Crippen LogP contribution in [-0.4, -0.2) is 31.6 Å². The van der Waals surface area contributed by atoms with Gasteiger partial charge in [-0.05, 0) is 24.6 Å². The number of hydrogen-bond donors (Lipinski definition) is 0. The number of rotatable bonds is 5. The van der Waals surface area contributed by atoms with E-state index in [1.165, 1.54) is 0 Å². The Morgan fingerprint density at radius 3 is 2.73 bits per heavy atom.